The molecular formula is C15H27N3O3. The van der Waals surface area contributed by atoms with Crippen molar-refractivity contribution < 1.29 is 14.7 Å². The lowest BCUT2D eigenvalue weighted by Crippen LogP contribution is -2.56. The Morgan fingerprint density at radius 2 is 1.67 bits per heavy atom. The molecule has 0 aromatic heterocycles. The number of carbonyl (C=O) groups is 2. The summed E-state index contributed by atoms with van der Waals surface area (Å²) in [6.07, 6.45) is 8.57. The van der Waals surface area contributed by atoms with E-state index in [-0.39, 0.29) is 24.5 Å². The third-order valence-electron chi connectivity index (χ3n) is 4.76. The van der Waals surface area contributed by atoms with Crippen molar-refractivity contribution in [3.63, 3.8) is 0 Å². The second-order valence-electron chi connectivity index (χ2n) is 6.23. The number of carbonyl (C=O) groups excluding carboxylic acids is 1. The molecule has 1 aliphatic heterocycles. The third-order valence-corrected chi connectivity index (χ3v) is 4.76. The molecule has 1 saturated heterocycles. The molecule has 0 radical (unpaired) electrons. The summed E-state index contributed by atoms with van der Waals surface area (Å²) in [6, 6.07) is -0.250. The van der Waals surface area contributed by atoms with Crippen molar-refractivity contribution in [1.29, 1.82) is 0 Å². The Labute approximate surface area is 126 Å². The van der Waals surface area contributed by atoms with E-state index in [1.807, 2.05) is 0 Å². The van der Waals surface area contributed by atoms with Crippen LogP contribution >= 0.6 is 0 Å². The van der Waals surface area contributed by atoms with Crippen molar-refractivity contribution in [2.24, 2.45) is 0 Å². The predicted molar refractivity (Wildman–Crippen MR) is 80.3 cm³/mol. The van der Waals surface area contributed by atoms with Crippen molar-refractivity contribution >= 4 is 12.0 Å². The largest absolute Gasteiger partial charge is 0.481 e. The molecule has 2 rings (SSSR count). The number of amides is 2. The summed E-state index contributed by atoms with van der Waals surface area (Å²) in [5.41, 5.74) is 0.130. The normalized spacial score (nSPS) is 21.9. The fourth-order valence-corrected chi connectivity index (χ4v) is 3.60. The van der Waals surface area contributed by atoms with Gasteiger partial charge in [0.25, 0.3) is 0 Å². The molecule has 1 saturated carbocycles. The highest BCUT2D eigenvalue weighted by molar-refractivity contribution is 5.75. The summed E-state index contributed by atoms with van der Waals surface area (Å²) >= 11 is 0. The van der Waals surface area contributed by atoms with Gasteiger partial charge < -0.3 is 15.7 Å². The van der Waals surface area contributed by atoms with E-state index in [1.165, 1.54) is 32.1 Å². The molecule has 1 aliphatic carbocycles. The molecule has 6 heteroatoms. The van der Waals surface area contributed by atoms with Crippen molar-refractivity contribution in [3.8, 4) is 0 Å². The van der Waals surface area contributed by atoms with E-state index in [1.54, 1.807) is 0 Å². The number of nitrogens with one attached hydrogen (secondary N) is 2. The maximum atomic E-state index is 11.8. The van der Waals surface area contributed by atoms with E-state index in [0.29, 0.717) is 6.54 Å². The number of carboxylic acid groups (broad SMARTS) is 1. The lowest BCUT2D eigenvalue weighted by Gasteiger charge is -2.43. The van der Waals surface area contributed by atoms with E-state index >= 15 is 0 Å². The number of hydrogen-bond acceptors (Lipinski definition) is 3. The summed E-state index contributed by atoms with van der Waals surface area (Å²) < 4.78 is 0. The maximum absolute atomic E-state index is 11.8. The summed E-state index contributed by atoms with van der Waals surface area (Å²) in [5.74, 6) is -0.893. The molecule has 2 aliphatic rings. The van der Waals surface area contributed by atoms with Gasteiger partial charge in [0.1, 0.15) is 0 Å². The van der Waals surface area contributed by atoms with Gasteiger partial charge in [0, 0.05) is 18.6 Å². The van der Waals surface area contributed by atoms with Crippen LogP contribution in [0.15, 0.2) is 0 Å². The Morgan fingerprint density at radius 1 is 1.00 bits per heavy atom. The van der Waals surface area contributed by atoms with Crippen LogP contribution in [0, 0.1) is 0 Å². The number of hydrogen-bond donors (Lipinski definition) is 3. The standard InChI is InChI=1S/C15H27N3O3/c19-13(20)6-9-16-14(21)17-12-15(7-2-3-8-15)18-10-4-1-5-11-18/h1-12H2,(H,19,20)(H2,16,17,21). The van der Waals surface area contributed by atoms with E-state index < -0.39 is 5.97 Å². The summed E-state index contributed by atoms with van der Waals surface area (Å²) in [7, 11) is 0. The Bertz CT molecular complexity index is 361. The monoisotopic (exact) mass is 297 g/mol. The average molecular weight is 297 g/mol. The molecule has 1 heterocycles. The smallest absolute Gasteiger partial charge is 0.314 e. The van der Waals surface area contributed by atoms with Gasteiger partial charge in [0.05, 0.1) is 6.42 Å². The van der Waals surface area contributed by atoms with Gasteiger partial charge in [-0.25, -0.2) is 4.79 Å². The highest BCUT2D eigenvalue weighted by atomic mass is 16.4. The molecule has 0 bridgehead atoms. The molecule has 6 nitrogen and oxygen atoms in total. The molecule has 0 unspecified atom stereocenters. The first-order valence-electron chi connectivity index (χ1n) is 8.11. The van der Waals surface area contributed by atoms with Crippen LogP contribution in [-0.4, -0.2) is 53.7 Å². The molecular weight excluding hydrogens is 270 g/mol. The number of nitrogens with zero attached hydrogens (tertiary/aromatic N) is 1. The molecule has 2 amide bonds. The number of piperidine rings is 1. The third kappa shape index (κ3) is 4.59. The van der Waals surface area contributed by atoms with Crippen LogP contribution in [0.25, 0.3) is 0 Å². The maximum Gasteiger partial charge on any atom is 0.314 e. The number of rotatable bonds is 6. The molecule has 2 fully saturated rings. The second kappa shape index (κ2) is 7.64. The first kappa shape index (κ1) is 16.1. The van der Waals surface area contributed by atoms with Gasteiger partial charge in [-0.1, -0.05) is 19.3 Å². The Balaban J connectivity index is 1.79. The van der Waals surface area contributed by atoms with Crippen molar-refractivity contribution in [2.45, 2.75) is 56.9 Å². The van der Waals surface area contributed by atoms with E-state index in [2.05, 4.69) is 15.5 Å². The van der Waals surface area contributed by atoms with Crippen LogP contribution in [0.1, 0.15) is 51.4 Å². The summed E-state index contributed by atoms with van der Waals surface area (Å²) in [4.78, 5) is 24.8. The zero-order chi connectivity index (χ0) is 15.1. The first-order chi connectivity index (χ1) is 10.1. The van der Waals surface area contributed by atoms with Crippen LogP contribution in [0.5, 0.6) is 0 Å². The van der Waals surface area contributed by atoms with Crippen molar-refractivity contribution in [1.82, 2.24) is 15.5 Å². The fraction of sp³-hybridized carbons (Fsp3) is 0.867. The van der Waals surface area contributed by atoms with E-state index in [0.717, 1.165) is 25.9 Å². The molecule has 120 valence electrons. The van der Waals surface area contributed by atoms with E-state index in [9.17, 15) is 9.59 Å². The quantitative estimate of drug-likeness (QED) is 0.695. The van der Waals surface area contributed by atoms with Crippen LogP contribution in [0.2, 0.25) is 0 Å². The number of urea groups is 1. The number of likely N-dealkylation sites (tertiary alicyclic amines) is 1. The molecule has 3 N–H and O–H groups in total. The van der Waals surface area contributed by atoms with Gasteiger partial charge in [-0.05, 0) is 38.8 Å². The van der Waals surface area contributed by atoms with Crippen LogP contribution in [-0.2, 0) is 4.79 Å². The molecule has 21 heavy (non-hydrogen) atoms. The number of aliphatic carboxylic acids is 1. The first-order valence-corrected chi connectivity index (χ1v) is 8.11. The topological polar surface area (TPSA) is 81.7 Å². The van der Waals surface area contributed by atoms with Crippen LogP contribution in [0.4, 0.5) is 4.79 Å². The highest BCUT2D eigenvalue weighted by Crippen LogP contribution is 2.36. The molecule has 0 aromatic rings. The molecule has 0 atom stereocenters. The highest BCUT2D eigenvalue weighted by Gasteiger charge is 2.39. The molecule has 0 spiro atoms. The minimum absolute atomic E-state index is 0.0370. The minimum atomic E-state index is -0.893. The zero-order valence-electron chi connectivity index (χ0n) is 12.7. The minimum Gasteiger partial charge on any atom is -0.481 e. The lowest BCUT2D eigenvalue weighted by molar-refractivity contribution is -0.136. The summed E-state index contributed by atoms with van der Waals surface area (Å²) in [6.45, 7) is 3.13. The van der Waals surface area contributed by atoms with Crippen molar-refractivity contribution in [2.75, 3.05) is 26.2 Å². The average Bonchev–Trinajstić information content (AvgIpc) is 2.96. The Hall–Kier alpha value is -1.30. The van der Waals surface area contributed by atoms with Crippen LogP contribution in [0.3, 0.4) is 0 Å². The fourth-order valence-electron chi connectivity index (χ4n) is 3.60. The summed E-state index contributed by atoms with van der Waals surface area (Å²) in [5, 5.41) is 14.1. The van der Waals surface area contributed by atoms with Gasteiger partial charge in [-0.3, -0.25) is 9.69 Å². The molecule has 0 aromatic carbocycles. The van der Waals surface area contributed by atoms with Gasteiger partial charge in [-0.15, -0.1) is 0 Å². The van der Waals surface area contributed by atoms with Crippen LogP contribution < -0.4 is 10.6 Å². The van der Waals surface area contributed by atoms with Gasteiger partial charge in [-0.2, -0.15) is 0 Å². The lowest BCUT2D eigenvalue weighted by atomic mass is 9.92. The van der Waals surface area contributed by atoms with E-state index in [4.69, 9.17) is 5.11 Å². The number of carboxylic acids is 1. The van der Waals surface area contributed by atoms with Gasteiger partial charge in [0.2, 0.25) is 0 Å². The second-order valence-corrected chi connectivity index (χ2v) is 6.23. The zero-order valence-corrected chi connectivity index (χ0v) is 12.7. The SMILES string of the molecule is O=C(O)CCNC(=O)NCC1(N2CCCCC2)CCCC1. The van der Waals surface area contributed by atoms with Gasteiger partial charge in [0.15, 0.2) is 0 Å². The Morgan fingerprint density at radius 3 is 2.29 bits per heavy atom. The van der Waals surface area contributed by atoms with Crippen molar-refractivity contribution in [3.05, 3.63) is 0 Å². The predicted octanol–water partition coefficient (Wildman–Crippen LogP) is 1.56. The van der Waals surface area contributed by atoms with Gasteiger partial charge >= 0.3 is 12.0 Å². The Kier molecular flexibility index (Phi) is 5.85.